The minimum absolute atomic E-state index is 0.0508. The Bertz CT molecular complexity index is 2320. The average Bonchev–Trinajstić information content (AvgIpc) is 3.41. The Morgan fingerprint density at radius 3 is 2.02 bits per heavy atom. The topological polar surface area (TPSA) is 123 Å². The summed E-state index contributed by atoms with van der Waals surface area (Å²) in [5, 5.41) is 7.85. The number of para-hydroxylation sites is 1. The van der Waals surface area contributed by atoms with Gasteiger partial charge in [0.05, 0.1) is 18.0 Å². The van der Waals surface area contributed by atoms with E-state index in [1.807, 2.05) is 73.7 Å². The molecule has 3 amide bonds. The van der Waals surface area contributed by atoms with Crippen molar-refractivity contribution in [1.29, 1.82) is 0 Å². The highest BCUT2D eigenvalue weighted by molar-refractivity contribution is 8.00. The minimum Gasteiger partial charge on any atom is -0.494 e. The maximum atomic E-state index is 14.0. The van der Waals surface area contributed by atoms with Crippen molar-refractivity contribution >= 4 is 46.9 Å². The monoisotopic (exact) mass is 737 g/mol. The number of rotatable bonds is 13. The lowest BCUT2D eigenvalue weighted by atomic mass is 10.1. The van der Waals surface area contributed by atoms with Gasteiger partial charge in [-0.3, -0.25) is 23.9 Å². The second kappa shape index (κ2) is 17.3. The molecule has 0 aliphatic heterocycles. The molecule has 1 atom stereocenters. The fourth-order valence-corrected chi connectivity index (χ4v) is 6.71. The van der Waals surface area contributed by atoms with Crippen molar-refractivity contribution in [2.24, 2.45) is 7.05 Å². The van der Waals surface area contributed by atoms with Crippen LogP contribution in [0.25, 0.3) is 11.8 Å². The lowest BCUT2D eigenvalue weighted by Gasteiger charge is -2.17. The van der Waals surface area contributed by atoms with E-state index in [0.29, 0.717) is 40.6 Å². The lowest BCUT2D eigenvalue weighted by Crippen LogP contribution is -2.30. The van der Waals surface area contributed by atoms with E-state index in [1.165, 1.54) is 16.4 Å². The van der Waals surface area contributed by atoms with E-state index in [9.17, 15) is 19.2 Å². The smallest absolute Gasteiger partial charge is 0.295 e. The summed E-state index contributed by atoms with van der Waals surface area (Å²) in [5.41, 5.74) is 3.57. The molecule has 0 aliphatic carbocycles. The predicted molar refractivity (Wildman–Crippen MR) is 214 cm³/mol. The third-order valence-electron chi connectivity index (χ3n) is 8.54. The molecule has 0 saturated carbocycles. The molecule has 6 aromatic rings. The van der Waals surface area contributed by atoms with Crippen molar-refractivity contribution in [3.05, 3.63) is 178 Å². The van der Waals surface area contributed by atoms with Gasteiger partial charge in [-0.2, -0.15) is 0 Å². The second-order valence-corrected chi connectivity index (χ2v) is 13.4. The number of thioether (sulfide) groups is 1. The number of hydrogen-bond acceptors (Lipinski definition) is 6. The number of ether oxygens (including phenoxy) is 1. The third kappa shape index (κ3) is 8.88. The number of nitrogens with zero attached hydrogens (tertiary/aromatic N) is 2. The first-order chi connectivity index (χ1) is 26.2. The minimum atomic E-state index is -0.701. The van der Waals surface area contributed by atoms with Crippen LogP contribution in [-0.4, -0.2) is 33.7 Å². The van der Waals surface area contributed by atoms with Crippen LogP contribution in [0, 0.1) is 6.92 Å². The first-order valence-corrected chi connectivity index (χ1v) is 18.2. The number of aromatic nitrogens is 2. The summed E-state index contributed by atoms with van der Waals surface area (Å²) >= 11 is 1.32. The molecule has 6 rings (SSSR count). The van der Waals surface area contributed by atoms with Gasteiger partial charge >= 0.3 is 0 Å². The molecule has 1 heterocycles. The number of hydrogen-bond donors (Lipinski definition) is 3. The van der Waals surface area contributed by atoms with E-state index in [1.54, 1.807) is 97.5 Å². The Morgan fingerprint density at radius 1 is 0.778 bits per heavy atom. The van der Waals surface area contributed by atoms with Gasteiger partial charge in [-0.25, -0.2) is 4.68 Å². The Balaban J connectivity index is 1.21. The van der Waals surface area contributed by atoms with Gasteiger partial charge in [0.25, 0.3) is 17.4 Å². The average molecular weight is 738 g/mol. The van der Waals surface area contributed by atoms with Gasteiger partial charge in [-0.05, 0) is 91.7 Å². The second-order valence-electron chi connectivity index (χ2n) is 12.2. The Morgan fingerprint density at radius 2 is 1.39 bits per heavy atom. The Kier molecular flexibility index (Phi) is 11.9. The Labute approximate surface area is 317 Å². The first-order valence-electron chi connectivity index (χ1n) is 17.3. The fourth-order valence-electron chi connectivity index (χ4n) is 5.69. The summed E-state index contributed by atoms with van der Waals surface area (Å²) < 4.78 is 8.78. The maximum Gasteiger partial charge on any atom is 0.295 e. The summed E-state index contributed by atoms with van der Waals surface area (Å²) in [6.07, 6.45) is 1.60. The highest BCUT2D eigenvalue weighted by Gasteiger charge is 2.26. The predicted octanol–water partition coefficient (Wildman–Crippen LogP) is 7.76. The van der Waals surface area contributed by atoms with Crippen LogP contribution in [0.2, 0.25) is 0 Å². The zero-order chi connectivity index (χ0) is 38.0. The molecule has 272 valence electrons. The van der Waals surface area contributed by atoms with Crippen LogP contribution in [-0.2, 0) is 16.6 Å². The van der Waals surface area contributed by atoms with Crippen LogP contribution < -0.4 is 26.2 Å². The highest BCUT2D eigenvalue weighted by atomic mass is 32.2. The molecule has 0 spiro atoms. The van der Waals surface area contributed by atoms with Crippen molar-refractivity contribution in [3.63, 3.8) is 0 Å². The van der Waals surface area contributed by atoms with Gasteiger partial charge in [-0.15, -0.1) is 11.8 Å². The van der Waals surface area contributed by atoms with Crippen molar-refractivity contribution in [1.82, 2.24) is 14.7 Å². The molecule has 10 nitrogen and oxygen atoms in total. The van der Waals surface area contributed by atoms with E-state index >= 15 is 0 Å². The van der Waals surface area contributed by atoms with E-state index in [0.717, 1.165) is 10.5 Å². The van der Waals surface area contributed by atoms with Gasteiger partial charge in [0.15, 0.2) is 0 Å². The van der Waals surface area contributed by atoms with E-state index in [2.05, 4.69) is 16.0 Å². The summed E-state index contributed by atoms with van der Waals surface area (Å²) in [6.45, 7) is 4.22. The van der Waals surface area contributed by atoms with Gasteiger partial charge in [0.1, 0.15) is 22.4 Å². The molecule has 0 bridgehead atoms. The van der Waals surface area contributed by atoms with Gasteiger partial charge in [0.2, 0.25) is 5.91 Å². The van der Waals surface area contributed by atoms with Gasteiger partial charge < -0.3 is 20.7 Å². The van der Waals surface area contributed by atoms with Gasteiger partial charge in [-0.1, -0.05) is 78.9 Å². The molecule has 3 N–H and O–H groups in total. The Hall–Kier alpha value is -6.59. The highest BCUT2D eigenvalue weighted by Crippen LogP contribution is 2.37. The number of benzene rings is 5. The number of nitrogens with one attached hydrogen (secondary N) is 3. The molecular weight excluding hydrogens is 699 g/mol. The molecule has 0 saturated heterocycles. The largest absolute Gasteiger partial charge is 0.494 e. The lowest BCUT2D eigenvalue weighted by molar-refractivity contribution is -0.116. The zero-order valence-corrected chi connectivity index (χ0v) is 30.8. The summed E-state index contributed by atoms with van der Waals surface area (Å²) in [4.78, 5) is 55.0. The summed E-state index contributed by atoms with van der Waals surface area (Å²) in [5.74, 6) is -0.604. The van der Waals surface area contributed by atoms with E-state index < -0.39 is 17.1 Å². The molecule has 0 fully saturated rings. The zero-order valence-electron chi connectivity index (χ0n) is 30.0. The van der Waals surface area contributed by atoms with Crippen LogP contribution in [0.5, 0.6) is 5.75 Å². The van der Waals surface area contributed by atoms with Gasteiger partial charge in [0, 0.05) is 23.2 Å². The van der Waals surface area contributed by atoms with Crippen molar-refractivity contribution in [2.75, 3.05) is 17.2 Å². The molecule has 0 radical (unpaired) electrons. The molecule has 1 aromatic heterocycles. The van der Waals surface area contributed by atoms with Crippen molar-refractivity contribution in [2.45, 2.75) is 24.0 Å². The van der Waals surface area contributed by atoms with E-state index in [-0.39, 0.29) is 22.9 Å². The van der Waals surface area contributed by atoms with Crippen molar-refractivity contribution < 1.29 is 19.1 Å². The van der Waals surface area contributed by atoms with Crippen LogP contribution in [0.3, 0.4) is 0 Å². The third-order valence-corrected chi connectivity index (χ3v) is 9.81. The molecule has 54 heavy (non-hydrogen) atoms. The van der Waals surface area contributed by atoms with Crippen LogP contribution in [0.15, 0.2) is 155 Å². The molecular formula is C43H39N5O5S. The standard InChI is InChI=1S/C43H39N5O5S/c1-4-53-35-24-20-30(21-25-35)28-37(45-40(49)32-16-10-6-11-17-32)41(50)44-33-22-26-36(27-23-33)54-39(31-14-8-5-9-15-31)42(51)46-38-29(2)47(3)48(43(38)52)34-18-12-7-13-19-34/h5-28,39H,4H2,1-3H3,(H,44,50)(H,45,49)(H,46,51)/b37-28-. The van der Waals surface area contributed by atoms with E-state index in [4.69, 9.17) is 4.74 Å². The molecule has 0 aliphatic rings. The molecule has 5 aromatic carbocycles. The fraction of sp³-hybridized carbons (Fsp3) is 0.116. The maximum absolute atomic E-state index is 14.0. The van der Waals surface area contributed by atoms with Crippen LogP contribution in [0.1, 0.15) is 39.4 Å². The number of anilines is 2. The first kappa shape index (κ1) is 37.2. The number of amides is 3. The normalized spacial score (nSPS) is 11.7. The number of carbonyl (C=O) groups excluding carboxylic acids is 3. The molecule has 11 heteroatoms. The van der Waals surface area contributed by atoms with Crippen LogP contribution >= 0.6 is 11.8 Å². The summed E-state index contributed by atoms with van der Waals surface area (Å²) in [6, 6.07) is 41.5. The molecule has 1 unspecified atom stereocenters. The SMILES string of the molecule is CCOc1ccc(/C=C(\NC(=O)c2ccccc2)C(=O)Nc2ccc(SC(C(=O)Nc3c(C)n(C)n(-c4ccccc4)c3=O)c3ccccc3)cc2)cc1. The number of carbonyl (C=O) groups is 3. The summed E-state index contributed by atoms with van der Waals surface area (Å²) in [7, 11) is 1.78. The quantitative estimate of drug-likeness (QED) is 0.0823. The van der Waals surface area contributed by atoms with Crippen molar-refractivity contribution in [3.8, 4) is 11.4 Å². The van der Waals surface area contributed by atoms with Crippen LogP contribution in [0.4, 0.5) is 11.4 Å².